The lowest BCUT2D eigenvalue weighted by molar-refractivity contribution is -0.122. The summed E-state index contributed by atoms with van der Waals surface area (Å²) >= 11 is 5.95. The molecule has 5 heteroatoms. The van der Waals surface area contributed by atoms with Gasteiger partial charge in [0.25, 0.3) is 0 Å². The molecule has 2 aromatic rings. The number of rotatable bonds is 5. The van der Waals surface area contributed by atoms with Crippen LogP contribution >= 0.6 is 11.6 Å². The van der Waals surface area contributed by atoms with Crippen molar-refractivity contribution in [3.05, 3.63) is 46.6 Å². The van der Waals surface area contributed by atoms with Crippen molar-refractivity contribution in [2.45, 2.75) is 38.5 Å². The van der Waals surface area contributed by atoms with Crippen molar-refractivity contribution < 1.29 is 9.32 Å². The fraction of sp³-hybridized carbons (Fsp3) is 0.438. The number of halogens is 1. The molecule has 21 heavy (non-hydrogen) atoms. The van der Waals surface area contributed by atoms with E-state index in [4.69, 9.17) is 16.1 Å². The van der Waals surface area contributed by atoms with Crippen molar-refractivity contribution in [3.8, 4) is 0 Å². The van der Waals surface area contributed by atoms with Crippen LogP contribution in [-0.2, 0) is 17.6 Å². The molecule has 0 aliphatic heterocycles. The third-order valence-electron chi connectivity index (χ3n) is 3.90. The van der Waals surface area contributed by atoms with Crippen LogP contribution in [0.5, 0.6) is 0 Å². The highest BCUT2D eigenvalue weighted by atomic mass is 35.5. The maximum absolute atomic E-state index is 12.1. The molecule has 0 radical (unpaired) electrons. The second kappa shape index (κ2) is 6.39. The van der Waals surface area contributed by atoms with Crippen molar-refractivity contribution in [2.24, 2.45) is 5.92 Å². The van der Waals surface area contributed by atoms with Crippen molar-refractivity contribution in [1.82, 2.24) is 10.1 Å². The lowest BCUT2D eigenvalue weighted by Crippen LogP contribution is -2.13. The number of ketones is 1. The highest BCUT2D eigenvalue weighted by molar-refractivity contribution is 6.30. The normalized spacial score (nSPS) is 15.5. The molecule has 0 N–H and O–H groups in total. The van der Waals surface area contributed by atoms with Gasteiger partial charge < -0.3 is 4.52 Å². The summed E-state index contributed by atoms with van der Waals surface area (Å²) in [5.41, 5.74) is 1.02. The van der Waals surface area contributed by atoms with E-state index in [-0.39, 0.29) is 18.1 Å². The first-order chi connectivity index (χ1) is 10.2. The Kier molecular flexibility index (Phi) is 4.34. The van der Waals surface area contributed by atoms with Crippen LogP contribution in [0.3, 0.4) is 0 Å². The van der Waals surface area contributed by atoms with E-state index in [0.717, 1.165) is 31.2 Å². The standard InChI is InChI=1S/C16H17ClN2O2/c17-13-7-3-4-11(8-13)9-15-18-16(21-19-15)10-14(20)12-5-1-2-6-12/h3-4,7-8,12H,1-2,5-6,9-10H2. The lowest BCUT2D eigenvalue weighted by atomic mass is 10.0. The van der Waals surface area contributed by atoms with E-state index in [0.29, 0.717) is 23.2 Å². The molecule has 1 saturated carbocycles. The molecule has 1 fully saturated rings. The van der Waals surface area contributed by atoms with Crippen molar-refractivity contribution in [3.63, 3.8) is 0 Å². The van der Waals surface area contributed by atoms with E-state index in [9.17, 15) is 4.79 Å². The minimum atomic E-state index is 0.188. The van der Waals surface area contributed by atoms with Gasteiger partial charge in [0, 0.05) is 17.4 Å². The predicted octanol–water partition coefficient (Wildman–Crippen LogP) is 3.62. The monoisotopic (exact) mass is 304 g/mol. The molecule has 110 valence electrons. The molecule has 1 aromatic carbocycles. The molecule has 0 spiro atoms. The van der Waals surface area contributed by atoms with Crippen LogP contribution in [-0.4, -0.2) is 15.9 Å². The number of benzene rings is 1. The highest BCUT2D eigenvalue weighted by Gasteiger charge is 2.24. The molecular formula is C16H17ClN2O2. The number of hydrogen-bond acceptors (Lipinski definition) is 4. The number of nitrogens with zero attached hydrogens (tertiary/aromatic N) is 2. The Morgan fingerprint density at radius 2 is 2.14 bits per heavy atom. The van der Waals surface area contributed by atoms with Crippen molar-refractivity contribution in [2.75, 3.05) is 0 Å². The van der Waals surface area contributed by atoms with Gasteiger partial charge in [0.05, 0.1) is 6.42 Å². The van der Waals surface area contributed by atoms with Gasteiger partial charge in [-0.05, 0) is 30.5 Å². The molecule has 3 rings (SSSR count). The summed E-state index contributed by atoms with van der Waals surface area (Å²) in [5, 5.41) is 4.63. The third kappa shape index (κ3) is 3.70. The van der Waals surface area contributed by atoms with Crippen LogP contribution in [0.2, 0.25) is 5.02 Å². The zero-order valence-corrected chi connectivity index (χ0v) is 12.5. The Morgan fingerprint density at radius 3 is 2.90 bits per heavy atom. The molecule has 1 aliphatic carbocycles. The second-order valence-electron chi connectivity index (χ2n) is 5.54. The first-order valence-corrected chi connectivity index (χ1v) is 7.67. The minimum Gasteiger partial charge on any atom is -0.339 e. The summed E-state index contributed by atoms with van der Waals surface area (Å²) in [5.74, 6) is 1.43. The summed E-state index contributed by atoms with van der Waals surface area (Å²) in [7, 11) is 0. The van der Waals surface area contributed by atoms with Gasteiger partial charge in [0.1, 0.15) is 5.78 Å². The van der Waals surface area contributed by atoms with Gasteiger partial charge in [0.2, 0.25) is 5.89 Å². The summed E-state index contributed by atoms with van der Waals surface area (Å²) in [6.45, 7) is 0. The molecule has 1 heterocycles. The smallest absolute Gasteiger partial charge is 0.234 e. The van der Waals surface area contributed by atoms with E-state index < -0.39 is 0 Å². The minimum absolute atomic E-state index is 0.188. The maximum Gasteiger partial charge on any atom is 0.234 e. The molecule has 1 aliphatic rings. The maximum atomic E-state index is 12.1. The zero-order valence-electron chi connectivity index (χ0n) is 11.7. The molecular weight excluding hydrogens is 288 g/mol. The van der Waals surface area contributed by atoms with E-state index in [1.165, 1.54) is 0 Å². The first-order valence-electron chi connectivity index (χ1n) is 7.29. The van der Waals surface area contributed by atoms with Gasteiger partial charge in [-0.15, -0.1) is 0 Å². The van der Waals surface area contributed by atoms with E-state index in [1.54, 1.807) is 0 Å². The van der Waals surface area contributed by atoms with Crippen LogP contribution < -0.4 is 0 Å². The van der Waals surface area contributed by atoms with Gasteiger partial charge in [0.15, 0.2) is 5.82 Å². The number of aromatic nitrogens is 2. The first kappa shape index (κ1) is 14.3. The fourth-order valence-corrected chi connectivity index (χ4v) is 3.02. The molecule has 0 saturated heterocycles. The summed E-state index contributed by atoms with van der Waals surface area (Å²) in [6.07, 6.45) is 5.13. The highest BCUT2D eigenvalue weighted by Crippen LogP contribution is 2.26. The van der Waals surface area contributed by atoms with E-state index >= 15 is 0 Å². The Morgan fingerprint density at radius 1 is 1.33 bits per heavy atom. The largest absolute Gasteiger partial charge is 0.339 e. The molecule has 0 amide bonds. The Bertz CT molecular complexity index is 633. The Hall–Kier alpha value is -1.68. The Labute approximate surface area is 128 Å². The Balaban J connectivity index is 1.62. The third-order valence-corrected chi connectivity index (χ3v) is 4.13. The van der Waals surface area contributed by atoms with Gasteiger partial charge in [-0.25, -0.2) is 0 Å². The van der Waals surface area contributed by atoms with Crippen LogP contribution in [0.4, 0.5) is 0 Å². The van der Waals surface area contributed by atoms with E-state index in [1.807, 2.05) is 24.3 Å². The number of carbonyl (C=O) groups is 1. The van der Waals surface area contributed by atoms with Crippen LogP contribution in [0, 0.1) is 5.92 Å². The van der Waals surface area contributed by atoms with Crippen LogP contribution in [0.1, 0.15) is 43.0 Å². The van der Waals surface area contributed by atoms with Crippen LogP contribution in [0.25, 0.3) is 0 Å². The summed E-state index contributed by atoms with van der Waals surface area (Å²) in [6, 6.07) is 7.56. The lowest BCUT2D eigenvalue weighted by Gasteiger charge is -2.04. The predicted molar refractivity (Wildman–Crippen MR) is 79.2 cm³/mol. The number of carbonyl (C=O) groups excluding carboxylic acids is 1. The zero-order chi connectivity index (χ0) is 14.7. The number of hydrogen-bond donors (Lipinski definition) is 0. The quantitative estimate of drug-likeness (QED) is 0.846. The van der Waals surface area contributed by atoms with Gasteiger partial charge in [-0.2, -0.15) is 4.98 Å². The molecule has 1 aromatic heterocycles. The van der Waals surface area contributed by atoms with Crippen molar-refractivity contribution in [1.29, 1.82) is 0 Å². The molecule has 0 unspecified atom stereocenters. The topological polar surface area (TPSA) is 56.0 Å². The van der Waals surface area contributed by atoms with Crippen molar-refractivity contribution >= 4 is 17.4 Å². The van der Waals surface area contributed by atoms with E-state index in [2.05, 4.69) is 10.1 Å². The fourth-order valence-electron chi connectivity index (χ4n) is 2.80. The summed E-state index contributed by atoms with van der Waals surface area (Å²) in [4.78, 5) is 16.4. The number of Topliss-reactive ketones (excluding diaryl/α,β-unsaturated/α-hetero) is 1. The summed E-state index contributed by atoms with van der Waals surface area (Å²) < 4.78 is 5.18. The van der Waals surface area contributed by atoms with Gasteiger partial charge in [-0.1, -0.05) is 41.7 Å². The SMILES string of the molecule is O=C(Cc1nc(Cc2cccc(Cl)c2)no1)C1CCCC1. The average Bonchev–Trinajstić information content (AvgIpc) is 3.10. The molecule has 4 nitrogen and oxygen atoms in total. The van der Waals surface area contributed by atoms with Gasteiger partial charge >= 0.3 is 0 Å². The molecule has 0 atom stereocenters. The van der Waals surface area contributed by atoms with Crippen LogP contribution in [0.15, 0.2) is 28.8 Å². The van der Waals surface area contributed by atoms with Gasteiger partial charge in [-0.3, -0.25) is 4.79 Å². The average molecular weight is 305 g/mol. The second-order valence-corrected chi connectivity index (χ2v) is 5.97. The molecule has 0 bridgehead atoms.